The third kappa shape index (κ3) is 2.95. The lowest BCUT2D eigenvalue weighted by molar-refractivity contribution is 0.173. The normalized spacial score (nSPS) is 12.5. The predicted octanol–water partition coefficient (Wildman–Crippen LogP) is 3.07. The molecule has 0 saturated heterocycles. The molecular weight excluding hydrogens is 266 g/mol. The number of benzene rings is 2. The number of fused-ring (bicyclic) bond motifs is 1. The van der Waals surface area contributed by atoms with Crippen LogP contribution in [0.25, 0.3) is 0 Å². The fraction of sp³-hybridized carbons (Fsp3) is 0.294. The molecule has 2 aromatic rings. The summed E-state index contributed by atoms with van der Waals surface area (Å²) in [6, 6.07) is 10.1. The number of ether oxygens (including phenoxy) is 3. The number of nitrogens with two attached hydrogens (primary N) is 1. The first kappa shape index (κ1) is 13.8. The van der Waals surface area contributed by atoms with Gasteiger partial charge in [-0.3, -0.25) is 0 Å². The number of aryl methyl sites for hydroxylation is 2. The number of hydrogen-bond donors (Lipinski definition) is 1. The van der Waals surface area contributed by atoms with Gasteiger partial charge in [0.15, 0.2) is 11.5 Å². The van der Waals surface area contributed by atoms with E-state index in [1.807, 2.05) is 12.1 Å². The minimum atomic E-state index is 0.250. The third-order valence-corrected chi connectivity index (χ3v) is 3.45. The summed E-state index contributed by atoms with van der Waals surface area (Å²) in [7, 11) is 0. The van der Waals surface area contributed by atoms with Gasteiger partial charge < -0.3 is 19.9 Å². The van der Waals surface area contributed by atoms with Crippen LogP contribution in [-0.4, -0.2) is 6.79 Å². The minimum absolute atomic E-state index is 0.250. The topological polar surface area (TPSA) is 53.7 Å². The highest BCUT2D eigenvalue weighted by Crippen LogP contribution is 2.38. The van der Waals surface area contributed by atoms with Gasteiger partial charge in [0, 0.05) is 18.2 Å². The van der Waals surface area contributed by atoms with Gasteiger partial charge in [0.25, 0.3) is 0 Å². The van der Waals surface area contributed by atoms with Gasteiger partial charge in [0.1, 0.15) is 12.4 Å². The maximum atomic E-state index is 5.93. The van der Waals surface area contributed by atoms with Gasteiger partial charge in [-0.15, -0.1) is 0 Å². The Morgan fingerprint density at radius 1 is 1.00 bits per heavy atom. The molecule has 1 heterocycles. The molecule has 0 fully saturated rings. The van der Waals surface area contributed by atoms with E-state index in [0.29, 0.717) is 18.9 Å². The zero-order valence-electron chi connectivity index (χ0n) is 12.3. The van der Waals surface area contributed by atoms with Crippen molar-refractivity contribution in [1.29, 1.82) is 0 Å². The van der Waals surface area contributed by atoms with E-state index in [4.69, 9.17) is 19.9 Å². The van der Waals surface area contributed by atoms with Gasteiger partial charge >= 0.3 is 0 Å². The highest BCUT2D eigenvalue weighted by atomic mass is 16.7. The first-order valence-corrected chi connectivity index (χ1v) is 6.98. The lowest BCUT2D eigenvalue weighted by atomic mass is 10.1. The largest absolute Gasteiger partial charge is 0.488 e. The summed E-state index contributed by atoms with van der Waals surface area (Å²) in [6.45, 7) is 5.33. The molecule has 0 radical (unpaired) electrons. The quantitative estimate of drug-likeness (QED) is 0.938. The molecule has 0 atom stereocenters. The zero-order valence-corrected chi connectivity index (χ0v) is 12.3. The first-order valence-electron chi connectivity index (χ1n) is 6.98. The van der Waals surface area contributed by atoms with Crippen molar-refractivity contribution < 1.29 is 14.2 Å². The van der Waals surface area contributed by atoms with Gasteiger partial charge in [-0.1, -0.05) is 29.3 Å². The Morgan fingerprint density at radius 3 is 2.33 bits per heavy atom. The second kappa shape index (κ2) is 5.66. The van der Waals surface area contributed by atoms with Gasteiger partial charge in [0.2, 0.25) is 6.79 Å². The van der Waals surface area contributed by atoms with Crippen LogP contribution in [0, 0.1) is 13.8 Å². The van der Waals surface area contributed by atoms with E-state index >= 15 is 0 Å². The Morgan fingerprint density at radius 2 is 1.67 bits per heavy atom. The molecule has 0 spiro atoms. The summed E-state index contributed by atoms with van der Waals surface area (Å²) in [4.78, 5) is 0. The monoisotopic (exact) mass is 285 g/mol. The van der Waals surface area contributed by atoms with E-state index in [1.54, 1.807) is 0 Å². The predicted molar refractivity (Wildman–Crippen MR) is 80.7 cm³/mol. The summed E-state index contributed by atoms with van der Waals surface area (Å²) in [6.07, 6.45) is 0. The van der Waals surface area contributed by atoms with Crippen LogP contribution in [0.5, 0.6) is 17.2 Å². The molecule has 0 unspecified atom stereocenters. The average Bonchev–Trinajstić information content (AvgIpc) is 2.90. The van der Waals surface area contributed by atoms with E-state index in [0.717, 1.165) is 22.6 Å². The fourth-order valence-electron chi connectivity index (χ4n) is 2.57. The van der Waals surface area contributed by atoms with Crippen molar-refractivity contribution in [2.75, 3.05) is 6.79 Å². The molecule has 4 nitrogen and oxygen atoms in total. The average molecular weight is 285 g/mol. The van der Waals surface area contributed by atoms with Gasteiger partial charge in [-0.05, 0) is 25.5 Å². The Kier molecular flexibility index (Phi) is 3.71. The molecule has 3 rings (SSSR count). The Bertz CT molecular complexity index is 647. The molecule has 4 heteroatoms. The van der Waals surface area contributed by atoms with Crippen LogP contribution >= 0.6 is 0 Å². The first-order chi connectivity index (χ1) is 10.2. The number of rotatable bonds is 4. The van der Waals surface area contributed by atoms with Crippen molar-refractivity contribution >= 4 is 0 Å². The second-order valence-corrected chi connectivity index (χ2v) is 5.30. The second-order valence-electron chi connectivity index (χ2n) is 5.30. The van der Waals surface area contributed by atoms with Gasteiger partial charge in [-0.25, -0.2) is 0 Å². The van der Waals surface area contributed by atoms with Gasteiger partial charge in [0.05, 0.1) is 0 Å². The van der Waals surface area contributed by atoms with Crippen LogP contribution in [0.4, 0.5) is 0 Å². The molecule has 0 amide bonds. The zero-order chi connectivity index (χ0) is 14.8. The molecule has 1 aliphatic heterocycles. The van der Waals surface area contributed by atoms with Crippen molar-refractivity contribution in [2.45, 2.75) is 27.0 Å². The van der Waals surface area contributed by atoms with E-state index in [-0.39, 0.29) is 6.79 Å². The molecule has 0 bridgehead atoms. The van der Waals surface area contributed by atoms with Crippen molar-refractivity contribution in [1.82, 2.24) is 0 Å². The standard InChI is InChI=1S/C17H19NO3/c1-11-3-12(2)5-13(4-11)9-19-15-7-17-16(20-10-21-17)6-14(15)8-18/h3-7H,8-10,18H2,1-2H3. The summed E-state index contributed by atoms with van der Waals surface area (Å²) >= 11 is 0. The molecular formula is C17H19NO3. The number of hydrogen-bond acceptors (Lipinski definition) is 4. The van der Waals surface area contributed by atoms with Crippen molar-refractivity contribution in [3.63, 3.8) is 0 Å². The molecule has 2 N–H and O–H groups in total. The van der Waals surface area contributed by atoms with Crippen molar-refractivity contribution in [2.24, 2.45) is 5.73 Å². The fourth-order valence-corrected chi connectivity index (χ4v) is 2.57. The van der Waals surface area contributed by atoms with Crippen molar-refractivity contribution in [3.8, 4) is 17.2 Å². The minimum Gasteiger partial charge on any atom is -0.488 e. The summed E-state index contributed by atoms with van der Waals surface area (Å²) < 4.78 is 16.7. The summed E-state index contributed by atoms with van der Waals surface area (Å²) in [5.41, 5.74) is 10.3. The van der Waals surface area contributed by atoms with E-state index in [2.05, 4.69) is 32.0 Å². The molecule has 0 saturated carbocycles. The highest BCUT2D eigenvalue weighted by Gasteiger charge is 2.17. The molecule has 21 heavy (non-hydrogen) atoms. The molecule has 0 aliphatic carbocycles. The third-order valence-electron chi connectivity index (χ3n) is 3.45. The van der Waals surface area contributed by atoms with Crippen LogP contribution < -0.4 is 19.9 Å². The van der Waals surface area contributed by atoms with E-state index < -0.39 is 0 Å². The summed E-state index contributed by atoms with van der Waals surface area (Å²) in [5, 5.41) is 0. The van der Waals surface area contributed by atoms with E-state index in [1.165, 1.54) is 11.1 Å². The molecule has 0 aromatic heterocycles. The Balaban J connectivity index is 1.81. The van der Waals surface area contributed by atoms with Crippen molar-refractivity contribution in [3.05, 3.63) is 52.6 Å². The molecule has 1 aliphatic rings. The lowest BCUT2D eigenvalue weighted by Gasteiger charge is -2.12. The maximum absolute atomic E-state index is 5.93. The van der Waals surface area contributed by atoms with Crippen LogP contribution in [-0.2, 0) is 13.2 Å². The van der Waals surface area contributed by atoms with Gasteiger partial charge in [-0.2, -0.15) is 0 Å². The lowest BCUT2D eigenvalue weighted by Crippen LogP contribution is -2.03. The maximum Gasteiger partial charge on any atom is 0.231 e. The summed E-state index contributed by atoms with van der Waals surface area (Å²) in [5.74, 6) is 2.19. The van der Waals surface area contributed by atoms with Crippen LogP contribution in [0.1, 0.15) is 22.3 Å². The van der Waals surface area contributed by atoms with Crippen LogP contribution in [0.3, 0.4) is 0 Å². The smallest absolute Gasteiger partial charge is 0.231 e. The van der Waals surface area contributed by atoms with Crippen LogP contribution in [0.15, 0.2) is 30.3 Å². The molecule has 110 valence electrons. The molecule has 2 aromatic carbocycles. The highest BCUT2D eigenvalue weighted by molar-refractivity contribution is 5.51. The van der Waals surface area contributed by atoms with E-state index in [9.17, 15) is 0 Å². The SMILES string of the molecule is Cc1cc(C)cc(COc2cc3c(cc2CN)OCO3)c1. The Hall–Kier alpha value is -2.20. The Labute approximate surface area is 124 Å². The van der Waals surface area contributed by atoms with Crippen LogP contribution in [0.2, 0.25) is 0 Å².